The van der Waals surface area contributed by atoms with Gasteiger partial charge in [-0.3, -0.25) is 4.79 Å². The molecular formula is C20H18FNO2S. The number of halogens is 1. The summed E-state index contributed by atoms with van der Waals surface area (Å²) in [6, 6.07) is 17.4. The monoisotopic (exact) mass is 355 g/mol. The van der Waals surface area contributed by atoms with Crippen LogP contribution in [0, 0.1) is 12.7 Å². The maximum absolute atomic E-state index is 13.2. The number of thiophene rings is 1. The van der Waals surface area contributed by atoms with Crippen LogP contribution < -0.4 is 9.64 Å². The Morgan fingerprint density at radius 1 is 1.08 bits per heavy atom. The lowest BCUT2D eigenvalue weighted by molar-refractivity contribution is -0.120. The number of benzene rings is 2. The number of carbonyl (C=O) groups is 1. The standard InChI is InChI=1S/C20H18FNO2S/c1-15-4-10-18(11-5-15)24-14-20(23)22(13-19-3-2-12-25-19)17-8-6-16(21)7-9-17/h2-12H,13-14H2,1H3. The summed E-state index contributed by atoms with van der Waals surface area (Å²) in [6.07, 6.45) is 0. The average Bonchev–Trinajstić information content (AvgIpc) is 3.13. The third kappa shape index (κ3) is 4.67. The smallest absolute Gasteiger partial charge is 0.265 e. The number of anilines is 1. The Labute approximate surface area is 150 Å². The van der Waals surface area contributed by atoms with E-state index in [0.717, 1.165) is 10.4 Å². The minimum absolute atomic E-state index is 0.0776. The fraction of sp³-hybridized carbons (Fsp3) is 0.150. The number of hydrogen-bond acceptors (Lipinski definition) is 3. The molecule has 1 heterocycles. The van der Waals surface area contributed by atoms with Crippen molar-refractivity contribution in [3.8, 4) is 5.75 Å². The molecule has 3 rings (SSSR count). The van der Waals surface area contributed by atoms with Crippen LogP contribution in [0.2, 0.25) is 0 Å². The second kappa shape index (κ2) is 7.94. The molecular weight excluding hydrogens is 337 g/mol. The SMILES string of the molecule is Cc1ccc(OCC(=O)N(Cc2cccs2)c2ccc(F)cc2)cc1. The number of rotatable bonds is 6. The van der Waals surface area contributed by atoms with Gasteiger partial charge in [-0.25, -0.2) is 4.39 Å². The Balaban J connectivity index is 1.74. The molecule has 0 spiro atoms. The molecule has 0 radical (unpaired) electrons. The van der Waals surface area contributed by atoms with Crippen molar-refractivity contribution in [3.05, 3.63) is 82.3 Å². The zero-order valence-electron chi connectivity index (χ0n) is 13.8. The van der Waals surface area contributed by atoms with E-state index in [9.17, 15) is 9.18 Å². The number of aryl methyl sites for hydroxylation is 1. The number of nitrogens with zero attached hydrogens (tertiary/aromatic N) is 1. The first-order valence-corrected chi connectivity index (χ1v) is 8.77. The lowest BCUT2D eigenvalue weighted by atomic mass is 10.2. The van der Waals surface area contributed by atoms with Crippen molar-refractivity contribution in [3.63, 3.8) is 0 Å². The molecule has 128 valence electrons. The van der Waals surface area contributed by atoms with Crippen molar-refractivity contribution in [1.29, 1.82) is 0 Å². The van der Waals surface area contributed by atoms with E-state index >= 15 is 0 Å². The van der Waals surface area contributed by atoms with Gasteiger partial charge in [0.2, 0.25) is 0 Å². The molecule has 0 atom stereocenters. The zero-order valence-corrected chi connectivity index (χ0v) is 14.6. The lowest BCUT2D eigenvalue weighted by Crippen LogP contribution is -2.34. The lowest BCUT2D eigenvalue weighted by Gasteiger charge is -2.22. The van der Waals surface area contributed by atoms with Gasteiger partial charge in [0.15, 0.2) is 6.61 Å². The van der Waals surface area contributed by atoms with Gasteiger partial charge in [0.1, 0.15) is 11.6 Å². The Morgan fingerprint density at radius 2 is 1.80 bits per heavy atom. The van der Waals surface area contributed by atoms with Gasteiger partial charge in [-0.05, 0) is 54.8 Å². The third-order valence-electron chi connectivity index (χ3n) is 3.72. The maximum Gasteiger partial charge on any atom is 0.265 e. The highest BCUT2D eigenvalue weighted by atomic mass is 32.1. The van der Waals surface area contributed by atoms with E-state index in [1.807, 2.05) is 48.7 Å². The van der Waals surface area contributed by atoms with Crippen LogP contribution in [0.15, 0.2) is 66.0 Å². The van der Waals surface area contributed by atoms with Gasteiger partial charge in [-0.1, -0.05) is 23.8 Å². The van der Waals surface area contributed by atoms with Crippen molar-refractivity contribution < 1.29 is 13.9 Å². The summed E-state index contributed by atoms with van der Waals surface area (Å²) in [5.74, 6) is 0.137. The van der Waals surface area contributed by atoms with Gasteiger partial charge in [-0.15, -0.1) is 11.3 Å². The van der Waals surface area contributed by atoms with Crippen LogP contribution in [0.4, 0.5) is 10.1 Å². The normalized spacial score (nSPS) is 10.5. The van der Waals surface area contributed by atoms with Gasteiger partial charge in [0.05, 0.1) is 6.54 Å². The minimum atomic E-state index is -0.330. The summed E-state index contributed by atoms with van der Waals surface area (Å²) >= 11 is 1.57. The summed E-state index contributed by atoms with van der Waals surface area (Å²) in [5.41, 5.74) is 1.77. The predicted octanol–water partition coefficient (Wildman–Crippen LogP) is 4.81. The van der Waals surface area contributed by atoms with Gasteiger partial charge in [0, 0.05) is 10.6 Å². The molecule has 1 aromatic heterocycles. The second-order valence-corrected chi connectivity index (χ2v) is 6.67. The van der Waals surface area contributed by atoms with Crippen molar-refractivity contribution in [2.75, 3.05) is 11.5 Å². The van der Waals surface area contributed by atoms with Crippen LogP contribution in [-0.2, 0) is 11.3 Å². The number of ether oxygens (including phenoxy) is 1. The molecule has 0 N–H and O–H groups in total. The Hall–Kier alpha value is -2.66. The van der Waals surface area contributed by atoms with Crippen molar-refractivity contribution in [2.24, 2.45) is 0 Å². The van der Waals surface area contributed by atoms with Crippen LogP contribution in [0.5, 0.6) is 5.75 Å². The molecule has 2 aromatic carbocycles. The van der Waals surface area contributed by atoms with Crippen LogP contribution >= 0.6 is 11.3 Å². The highest BCUT2D eigenvalue weighted by molar-refractivity contribution is 7.09. The van der Waals surface area contributed by atoms with Crippen LogP contribution in [0.25, 0.3) is 0 Å². The molecule has 1 amide bonds. The number of carbonyl (C=O) groups excluding carboxylic acids is 1. The molecule has 0 aliphatic carbocycles. The van der Waals surface area contributed by atoms with Crippen LogP contribution in [0.3, 0.4) is 0 Å². The maximum atomic E-state index is 13.2. The van der Waals surface area contributed by atoms with Crippen LogP contribution in [-0.4, -0.2) is 12.5 Å². The second-order valence-electron chi connectivity index (χ2n) is 5.64. The average molecular weight is 355 g/mol. The van der Waals surface area contributed by atoms with Gasteiger partial charge in [0.25, 0.3) is 5.91 Å². The first kappa shape index (κ1) is 17.2. The summed E-state index contributed by atoms with van der Waals surface area (Å²) in [7, 11) is 0. The predicted molar refractivity (Wildman–Crippen MR) is 98.6 cm³/mol. The van der Waals surface area contributed by atoms with E-state index in [1.54, 1.807) is 28.4 Å². The number of hydrogen-bond donors (Lipinski definition) is 0. The first-order valence-electron chi connectivity index (χ1n) is 7.89. The van der Waals surface area contributed by atoms with E-state index in [0.29, 0.717) is 18.0 Å². The third-order valence-corrected chi connectivity index (χ3v) is 4.58. The zero-order chi connectivity index (χ0) is 17.6. The molecule has 3 nitrogen and oxygen atoms in total. The Bertz CT molecular complexity index is 814. The first-order chi connectivity index (χ1) is 12.1. The Morgan fingerprint density at radius 3 is 2.44 bits per heavy atom. The molecule has 0 unspecified atom stereocenters. The summed E-state index contributed by atoms with van der Waals surface area (Å²) < 4.78 is 18.8. The summed E-state index contributed by atoms with van der Waals surface area (Å²) in [4.78, 5) is 15.4. The fourth-order valence-corrected chi connectivity index (χ4v) is 3.05. The molecule has 25 heavy (non-hydrogen) atoms. The molecule has 3 aromatic rings. The van der Waals surface area contributed by atoms with E-state index in [4.69, 9.17) is 4.74 Å². The van der Waals surface area contributed by atoms with Crippen molar-refractivity contribution >= 4 is 22.9 Å². The van der Waals surface area contributed by atoms with Crippen molar-refractivity contribution in [1.82, 2.24) is 0 Å². The molecule has 0 aliphatic rings. The Kier molecular flexibility index (Phi) is 5.46. The highest BCUT2D eigenvalue weighted by Crippen LogP contribution is 2.21. The van der Waals surface area contributed by atoms with E-state index in [1.165, 1.54) is 12.1 Å². The van der Waals surface area contributed by atoms with Crippen LogP contribution in [0.1, 0.15) is 10.4 Å². The molecule has 0 saturated heterocycles. The van der Waals surface area contributed by atoms with Gasteiger partial charge < -0.3 is 9.64 Å². The molecule has 5 heteroatoms. The van der Waals surface area contributed by atoms with E-state index < -0.39 is 0 Å². The van der Waals surface area contributed by atoms with Crippen molar-refractivity contribution in [2.45, 2.75) is 13.5 Å². The fourth-order valence-electron chi connectivity index (χ4n) is 2.36. The molecule has 0 saturated carbocycles. The highest BCUT2D eigenvalue weighted by Gasteiger charge is 2.17. The van der Waals surface area contributed by atoms with Gasteiger partial charge >= 0.3 is 0 Å². The molecule has 0 bridgehead atoms. The quantitative estimate of drug-likeness (QED) is 0.635. The largest absolute Gasteiger partial charge is 0.484 e. The summed E-state index contributed by atoms with van der Waals surface area (Å²) in [6.45, 7) is 2.34. The van der Waals surface area contributed by atoms with Gasteiger partial charge in [-0.2, -0.15) is 0 Å². The van der Waals surface area contributed by atoms with E-state index in [-0.39, 0.29) is 18.3 Å². The molecule has 0 aliphatic heterocycles. The van der Waals surface area contributed by atoms with E-state index in [2.05, 4.69) is 0 Å². The topological polar surface area (TPSA) is 29.5 Å². The molecule has 0 fully saturated rings. The minimum Gasteiger partial charge on any atom is -0.484 e. The number of amides is 1. The summed E-state index contributed by atoms with van der Waals surface area (Å²) in [5, 5.41) is 1.96.